The van der Waals surface area contributed by atoms with Crippen LogP contribution in [0.1, 0.15) is 31.4 Å². The minimum absolute atomic E-state index is 0.000303. The maximum Gasteiger partial charge on any atom is 0.417 e. The summed E-state index contributed by atoms with van der Waals surface area (Å²) >= 11 is 0. The molecule has 0 radical (unpaired) electrons. The van der Waals surface area contributed by atoms with E-state index in [1.165, 1.54) is 6.07 Å². The van der Waals surface area contributed by atoms with Crippen LogP contribution in [0, 0.1) is 17.2 Å². The van der Waals surface area contributed by atoms with E-state index >= 15 is 0 Å². The number of nitriles is 1. The van der Waals surface area contributed by atoms with Crippen LogP contribution in [0.25, 0.3) is 0 Å². The molecule has 0 saturated carbocycles. The third-order valence-corrected chi connectivity index (χ3v) is 4.50. The molecule has 6 nitrogen and oxygen atoms in total. The highest BCUT2D eigenvalue weighted by Crippen LogP contribution is 2.32. The quantitative estimate of drug-likeness (QED) is 0.806. The number of nitrogens with one attached hydrogen (secondary N) is 1. The minimum atomic E-state index is -4.80. The number of nitrogens with zero attached hydrogens (tertiary/aromatic N) is 1. The zero-order valence-corrected chi connectivity index (χ0v) is 13.6. The molecule has 132 valence electrons. The summed E-state index contributed by atoms with van der Waals surface area (Å²) in [7, 11) is -4.39. The van der Waals surface area contributed by atoms with E-state index in [9.17, 15) is 26.4 Å². The lowest BCUT2D eigenvalue weighted by atomic mass is 10.1. The standard InChI is InChI=1S/C14H15F3N2O4S/c1-8(2)5-12(13(20)21)19-24(22,23)10-3-4-11(14(15,16)17)9(6-10)7-18/h3-4,6,8,12,19H,5H2,1-2H3,(H,20,21)/t12-/m0/s1. The van der Waals surface area contributed by atoms with Crippen molar-refractivity contribution in [3.05, 3.63) is 29.3 Å². The van der Waals surface area contributed by atoms with E-state index in [2.05, 4.69) is 0 Å². The number of halogens is 3. The lowest BCUT2D eigenvalue weighted by Crippen LogP contribution is -2.41. The highest BCUT2D eigenvalue weighted by atomic mass is 32.2. The first-order valence-corrected chi connectivity index (χ1v) is 8.23. The molecule has 1 aromatic carbocycles. The summed E-state index contributed by atoms with van der Waals surface area (Å²) in [6, 6.07) is 1.59. The van der Waals surface area contributed by atoms with Crippen LogP contribution in [0.5, 0.6) is 0 Å². The number of carboxylic acids is 1. The van der Waals surface area contributed by atoms with Gasteiger partial charge in [-0.05, 0) is 30.5 Å². The zero-order chi connectivity index (χ0) is 18.7. The van der Waals surface area contributed by atoms with Crippen molar-refractivity contribution in [2.45, 2.75) is 37.4 Å². The maximum atomic E-state index is 12.7. The van der Waals surface area contributed by atoms with E-state index in [-0.39, 0.29) is 12.3 Å². The fraction of sp³-hybridized carbons (Fsp3) is 0.429. The van der Waals surface area contributed by atoms with E-state index in [0.717, 1.165) is 0 Å². The van der Waals surface area contributed by atoms with Gasteiger partial charge in [0, 0.05) is 0 Å². The SMILES string of the molecule is CC(C)C[C@H](NS(=O)(=O)c1ccc(C(F)(F)F)c(C#N)c1)C(=O)O. The van der Waals surface area contributed by atoms with Crippen molar-refractivity contribution in [2.24, 2.45) is 5.92 Å². The maximum absolute atomic E-state index is 12.7. The first-order chi connectivity index (χ1) is 10.9. The first kappa shape index (κ1) is 19.9. The van der Waals surface area contributed by atoms with Crippen LogP contribution in [0.15, 0.2) is 23.1 Å². The van der Waals surface area contributed by atoms with Crippen molar-refractivity contribution in [1.29, 1.82) is 5.26 Å². The molecule has 24 heavy (non-hydrogen) atoms. The largest absolute Gasteiger partial charge is 0.480 e. The van der Waals surface area contributed by atoms with Crippen LogP contribution in [0.3, 0.4) is 0 Å². The van der Waals surface area contributed by atoms with E-state index in [4.69, 9.17) is 10.4 Å². The number of aliphatic carboxylic acids is 1. The summed E-state index contributed by atoms with van der Waals surface area (Å²) in [6.07, 6.45) is -4.80. The Kier molecular flexibility index (Phi) is 5.97. The highest BCUT2D eigenvalue weighted by molar-refractivity contribution is 7.89. The smallest absolute Gasteiger partial charge is 0.417 e. The second kappa shape index (κ2) is 7.19. The number of alkyl halides is 3. The number of rotatable bonds is 6. The molecular weight excluding hydrogens is 349 g/mol. The monoisotopic (exact) mass is 364 g/mol. The van der Waals surface area contributed by atoms with Crippen LogP contribution < -0.4 is 4.72 Å². The molecule has 0 spiro atoms. The van der Waals surface area contributed by atoms with Crippen LogP contribution in [-0.2, 0) is 21.0 Å². The van der Waals surface area contributed by atoms with Gasteiger partial charge in [0.05, 0.1) is 22.1 Å². The average molecular weight is 364 g/mol. The van der Waals surface area contributed by atoms with Gasteiger partial charge in [0.25, 0.3) is 0 Å². The Hall–Kier alpha value is -2.12. The Labute approximate surface area is 137 Å². The van der Waals surface area contributed by atoms with Crippen molar-refractivity contribution in [1.82, 2.24) is 4.72 Å². The fourth-order valence-electron chi connectivity index (χ4n) is 1.96. The third-order valence-electron chi connectivity index (χ3n) is 3.03. The molecule has 2 N–H and O–H groups in total. The van der Waals surface area contributed by atoms with Crippen LogP contribution >= 0.6 is 0 Å². The van der Waals surface area contributed by atoms with Gasteiger partial charge in [-0.2, -0.15) is 23.2 Å². The molecule has 1 aromatic rings. The minimum Gasteiger partial charge on any atom is -0.480 e. The molecule has 0 unspecified atom stereocenters. The lowest BCUT2D eigenvalue weighted by molar-refractivity contribution is -0.139. The summed E-state index contributed by atoms with van der Waals surface area (Å²) in [4.78, 5) is 10.5. The van der Waals surface area contributed by atoms with Gasteiger partial charge in [0.1, 0.15) is 6.04 Å². The second-order valence-corrected chi connectivity index (χ2v) is 7.17. The molecule has 0 aliphatic heterocycles. The molecule has 0 fully saturated rings. The Balaban J connectivity index is 3.24. The van der Waals surface area contributed by atoms with Crippen LogP contribution in [0.4, 0.5) is 13.2 Å². The van der Waals surface area contributed by atoms with Crippen molar-refractivity contribution in [3.8, 4) is 6.07 Å². The summed E-state index contributed by atoms with van der Waals surface area (Å²) < 4.78 is 64.5. The van der Waals surface area contributed by atoms with Crippen molar-refractivity contribution >= 4 is 16.0 Å². The van der Waals surface area contributed by atoms with Gasteiger partial charge in [-0.3, -0.25) is 4.79 Å². The lowest BCUT2D eigenvalue weighted by Gasteiger charge is -2.17. The number of carboxylic acid groups (broad SMARTS) is 1. The number of hydrogen-bond donors (Lipinski definition) is 2. The summed E-state index contributed by atoms with van der Waals surface area (Å²) in [5.74, 6) is -1.53. The van der Waals surface area contributed by atoms with E-state index < -0.39 is 44.2 Å². The third kappa shape index (κ3) is 4.94. The number of benzene rings is 1. The molecular formula is C14H15F3N2O4S. The van der Waals surface area contributed by atoms with E-state index in [1.807, 2.05) is 4.72 Å². The summed E-state index contributed by atoms with van der Waals surface area (Å²) in [6.45, 7) is 3.38. The van der Waals surface area contributed by atoms with Crippen LogP contribution in [0.2, 0.25) is 0 Å². The van der Waals surface area contributed by atoms with Gasteiger partial charge in [-0.25, -0.2) is 8.42 Å². The first-order valence-electron chi connectivity index (χ1n) is 6.75. The fourth-order valence-corrected chi connectivity index (χ4v) is 3.18. The van der Waals surface area contributed by atoms with Crippen molar-refractivity contribution in [2.75, 3.05) is 0 Å². The molecule has 1 atom stereocenters. The van der Waals surface area contributed by atoms with Gasteiger partial charge in [-0.15, -0.1) is 0 Å². The van der Waals surface area contributed by atoms with Crippen molar-refractivity contribution in [3.63, 3.8) is 0 Å². The molecule has 0 bridgehead atoms. The normalized spacial score (nSPS) is 13.5. The summed E-state index contributed by atoms with van der Waals surface area (Å²) in [5, 5.41) is 17.9. The Bertz CT molecular complexity index is 767. The average Bonchev–Trinajstić information content (AvgIpc) is 2.44. The second-order valence-electron chi connectivity index (χ2n) is 5.46. The topological polar surface area (TPSA) is 107 Å². The predicted octanol–water partition coefficient (Wildman–Crippen LogP) is 2.35. The van der Waals surface area contributed by atoms with E-state index in [0.29, 0.717) is 18.2 Å². The molecule has 1 rings (SSSR count). The van der Waals surface area contributed by atoms with Gasteiger partial charge in [0.15, 0.2) is 0 Å². The molecule has 0 aliphatic carbocycles. The molecule has 0 heterocycles. The molecule has 0 amide bonds. The number of sulfonamides is 1. The van der Waals surface area contributed by atoms with Gasteiger partial charge in [-0.1, -0.05) is 13.8 Å². The number of carbonyl (C=O) groups is 1. The van der Waals surface area contributed by atoms with E-state index in [1.54, 1.807) is 13.8 Å². The Morgan fingerprint density at radius 1 is 1.38 bits per heavy atom. The number of hydrogen-bond acceptors (Lipinski definition) is 4. The predicted molar refractivity (Wildman–Crippen MR) is 77.4 cm³/mol. The van der Waals surface area contributed by atoms with Gasteiger partial charge in [0.2, 0.25) is 10.0 Å². The van der Waals surface area contributed by atoms with Gasteiger partial charge < -0.3 is 5.11 Å². The highest BCUT2D eigenvalue weighted by Gasteiger charge is 2.35. The van der Waals surface area contributed by atoms with Crippen molar-refractivity contribution < 1.29 is 31.5 Å². The Morgan fingerprint density at radius 3 is 2.38 bits per heavy atom. The van der Waals surface area contributed by atoms with Crippen LogP contribution in [-0.4, -0.2) is 25.5 Å². The molecule has 10 heteroatoms. The van der Waals surface area contributed by atoms with Gasteiger partial charge >= 0.3 is 12.1 Å². The molecule has 0 aliphatic rings. The Morgan fingerprint density at radius 2 is 1.96 bits per heavy atom. The molecule has 0 aromatic heterocycles. The molecule has 0 saturated heterocycles. The zero-order valence-electron chi connectivity index (χ0n) is 12.8. The summed E-state index contributed by atoms with van der Waals surface area (Å²) in [5.41, 5.74) is -2.12.